The summed E-state index contributed by atoms with van der Waals surface area (Å²) in [5.74, 6) is 0.0334. The van der Waals surface area contributed by atoms with E-state index in [4.69, 9.17) is 0 Å². The summed E-state index contributed by atoms with van der Waals surface area (Å²) in [5, 5.41) is 2.93. The van der Waals surface area contributed by atoms with Gasteiger partial charge in [0.05, 0.1) is 6.54 Å². The van der Waals surface area contributed by atoms with Crippen molar-refractivity contribution in [1.82, 2.24) is 15.1 Å². The molecule has 5 heteroatoms. The van der Waals surface area contributed by atoms with E-state index in [0.717, 1.165) is 25.1 Å². The molecule has 1 aliphatic rings. The van der Waals surface area contributed by atoms with Gasteiger partial charge in [0.25, 0.3) is 0 Å². The molecule has 1 heterocycles. The fraction of sp³-hybridized carbons (Fsp3) is 0.467. The number of nitrogens with zero attached hydrogens (tertiary/aromatic N) is 2. The van der Waals surface area contributed by atoms with E-state index in [0.29, 0.717) is 26.2 Å². The van der Waals surface area contributed by atoms with Crippen molar-refractivity contribution in [3.63, 3.8) is 0 Å². The number of hydrogen-bond donors (Lipinski definition) is 1. The maximum atomic E-state index is 11.9. The third kappa shape index (κ3) is 4.35. The molecule has 0 saturated carbocycles. The molecule has 1 saturated heterocycles. The lowest BCUT2D eigenvalue weighted by molar-refractivity contribution is -0.123. The Morgan fingerprint density at radius 2 is 2.05 bits per heavy atom. The number of rotatable bonds is 5. The van der Waals surface area contributed by atoms with Crippen molar-refractivity contribution in [2.24, 2.45) is 0 Å². The fourth-order valence-electron chi connectivity index (χ4n) is 2.31. The van der Waals surface area contributed by atoms with Crippen LogP contribution in [-0.4, -0.2) is 54.8 Å². The largest absolute Gasteiger partial charge is 0.351 e. The van der Waals surface area contributed by atoms with Gasteiger partial charge in [0.15, 0.2) is 0 Å². The third-order valence-corrected chi connectivity index (χ3v) is 3.50. The van der Waals surface area contributed by atoms with Crippen LogP contribution in [0.4, 0.5) is 0 Å². The lowest BCUT2D eigenvalue weighted by atomic mass is 10.1. The van der Waals surface area contributed by atoms with E-state index in [2.05, 4.69) is 16.3 Å². The summed E-state index contributed by atoms with van der Waals surface area (Å²) in [6.07, 6.45) is 0.870. The van der Waals surface area contributed by atoms with Gasteiger partial charge in [0.1, 0.15) is 0 Å². The van der Waals surface area contributed by atoms with Crippen molar-refractivity contribution < 1.29 is 9.59 Å². The van der Waals surface area contributed by atoms with E-state index in [1.165, 1.54) is 5.56 Å². The van der Waals surface area contributed by atoms with Crippen LogP contribution in [0.15, 0.2) is 24.3 Å². The van der Waals surface area contributed by atoms with E-state index in [9.17, 15) is 9.59 Å². The lowest BCUT2D eigenvalue weighted by Crippen LogP contribution is -2.48. The van der Waals surface area contributed by atoms with Crippen LogP contribution < -0.4 is 5.32 Å². The van der Waals surface area contributed by atoms with Crippen molar-refractivity contribution in [3.05, 3.63) is 35.4 Å². The topological polar surface area (TPSA) is 52.7 Å². The SMILES string of the molecule is Cc1cccc(CNC(=O)CN2CCN(C=O)CC2)c1. The van der Waals surface area contributed by atoms with Gasteiger partial charge >= 0.3 is 0 Å². The van der Waals surface area contributed by atoms with Gasteiger partial charge in [0, 0.05) is 32.7 Å². The predicted molar refractivity (Wildman–Crippen MR) is 77.1 cm³/mol. The molecule has 0 aliphatic carbocycles. The van der Waals surface area contributed by atoms with Crippen molar-refractivity contribution in [2.75, 3.05) is 32.7 Å². The summed E-state index contributed by atoms with van der Waals surface area (Å²) in [5.41, 5.74) is 2.31. The minimum atomic E-state index is 0.0334. The first kappa shape index (κ1) is 14.5. The van der Waals surface area contributed by atoms with Gasteiger partial charge in [0.2, 0.25) is 12.3 Å². The van der Waals surface area contributed by atoms with Gasteiger partial charge in [-0.05, 0) is 12.5 Å². The Bertz CT molecular complexity index is 468. The second kappa shape index (κ2) is 7.05. The van der Waals surface area contributed by atoms with Gasteiger partial charge in [-0.1, -0.05) is 29.8 Å². The molecule has 0 bridgehead atoms. The normalized spacial score (nSPS) is 15.9. The Hall–Kier alpha value is -1.88. The van der Waals surface area contributed by atoms with Gasteiger partial charge in [-0.3, -0.25) is 14.5 Å². The molecule has 1 aromatic rings. The summed E-state index contributed by atoms with van der Waals surface area (Å²) in [6, 6.07) is 8.12. The third-order valence-electron chi connectivity index (χ3n) is 3.50. The molecule has 1 aromatic carbocycles. The number of benzene rings is 1. The molecule has 1 fully saturated rings. The molecule has 5 nitrogen and oxygen atoms in total. The Kier molecular flexibility index (Phi) is 5.12. The molecule has 0 unspecified atom stereocenters. The van der Waals surface area contributed by atoms with Crippen LogP contribution in [0.2, 0.25) is 0 Å². The van der Waals surface area contributed by atoms with Gasteiger partial charge in [-0.2, -0.15) is 0 Å². The van der Waals surface area contributed by atoms with Crippen LogP contribution >= 0.6 is 0 Å². The molecule has 0 radical (unpaired) electrons. The zero-order chi connectivity index (χ0) is 14.4. The number of piperazine rings is 1. The number of amides is 2. The van der Waals surface area contributed by atoms with E-state index in [1.807, 2.05) is 25.1 Å². The molecule has 20 heavy (non-hydrogen) atoms. The van der Waals surface area contributed by atoms with Gasteiger partial charge < -0.3 is 10.2 Å². The number of aryl methyl sites for hydroxylation is 1. The van der Waals surface area contributed by atoms with Crippen LogP contribution in [-0.2, 0) is 16.1 Å². The summed E-state index contributed by atoms with van der Waals surface area (Å²) >= 11 is 0. The lowest BCUT2D eigenvalue weighted by Gasteiger charge is -2.31. The number of nitrogens with one attached hydrogen (secondary N) is 1. The zero-order valence-corrected chi connectivity index (χ0v) is 11.8. The van der Waals surface area contributed by atoms with Crippen LogP contribution in [0.3, 0.4) is 0 Å². The smallest absolute Gasteiger partial charge is 0.234 e. The molecule has 108 valence electrons. The maximum Gasteiger partial charge on any atom is 0.234 e. The molecule has 0 atom stereocenters. The van der Waals surface area contributed by atoms with Crippen molar-refractivity contribution in [3.8, 4) is 0 Å². The van der Waals surface area contributed by atoms with E-state index in [1.54, 1.807) is 4.90 Å². The first-order valence-electron chi connectivity index (χ1n) is 6.91. The molecule has 0 aromatic heterocycles. The molecular weight excluding hydrogens is 254 g/mol. The maximum absolute atomic E-state index is 11.9. The van der Waals surface area contributed by atoms with Crippen LogP contribution in [0.5, 0.6) is 0 Å². The van der Waals surface area contributed by atoms with Gasteiger partial charge in [-0.25, -0.2) is 0 Å². The summed E-state index contributed by atoms with van der Waals surface area (Å²) < 4.78 is 0. The predicted octanol–water partition coefficient (Wildman–Crippen LogP) is 0.385. The molecule has 1 aliphatic heterocycles. The van der Waals surface area contributed by atoms with Gasteiger partial charge in [-0.15, -0.1) is 0 Å². The Balaban J connectivity index is 1.72. The second-order valence-electron chi connectivity index (χ2n) is 5.18. The van der Waals surface area contributed by atoms with Crippen molar-refractivity contribution in [2.45, 2.75) is 13.5 Å². The van der Waals surface area contributed by atoms with Crippen molar-refractivity contribution in [1.29, 1.82) is 0 Å². The quantitative estimate of drug-likeness (QED) is 0.791. The second-order valence-corrected chi connectivity index (χ2v) is 5.18. The highest BCUT2D eigenvalue weighted by Gasteiger charge is 2.17. The molecule has 2 amide bonds. The standard InChI is InChI=1S/C15H21N3O2/c1-13-3-2-4-14(9-13)10-16-15(20)11-17-5-7-18(12-19)8-6-17/h2-4,9,12H,5-8,10-11H2,1H3,(H,16,20). The Morgan fingerprint density at radius 1 is 1.30 bits per heavy atom. The Morgan fingerprint density at radius 3 is 2.70 bits per heavy atom. The zero-order valence-electron chi connectivity index (χ0n) is 11.8. The summed E-state index contributed by atoms with van der Waals surface area (Å²) in [7, 11) is 0. The molecule has 2 rings (SSSR count). The highest BCUT2D eigenvalue weighted by atomic mass is 16.2. The minimum Gasteiger partial charge on any atom is -0.351 e. The molecular formula is C15H21N3O2. The Labute approximate surface area is 119 Å². The summed E-state index contributed by atoms with van der Waals surface area (Å²) in [4.78, 5) is 26.3. The highest BCUT2D eigenvalue weighted by Crippen LogP contribution is 2.03. The molecule has 0 spiro atoms. The van der Waals surface area contributed by atoms with Crippen LogP contribution in [0, 0.1) is 6.92 Å². The number of carbonyl (C=O) groups is 2. The number of hydrogen-bond acceptors (Lipinski definition) is 3. The fourth-order valence-corrected chi connectivity index (χ4v) is 2.31. The average Bonchev–Trinajstić information content (AvgIpc) is 2.46. The first-order chi connectivity index (χ1) is 9.67. The van der Waals surface area contributed by atoms with Crippen molar-refractivity contribution >= 4 is 12.3 Å². The summed E-state index contributed by atoms with van der Waals surface area (Å²) in [6.45, 7) is 5.93. The van der Waals surface area contributed by atoms with E-state index in [-0.39, 0.29) is 5.91 Å². The average molecular weight is 275 g/mol. The first-order valence-corrected chi connectivity index (χ1v) is 6.91. The highest BCUT2D eigenvalue weighted by molar-refractivity contribution is 5.78. The van der Waals surface area contributed by atoms with Crippen LogP contribution in [0.25, 0.3) is 0 Å². The monoisotopic (exact) mass is 275 g/mol. The number of carbonyl (C=O) groups excluding carboxylic acids is 2. The minimum absolute atomic E-state index is 0.0334. The van der Waals surface area contributed by atoms with E-state index >= 15 is 0 Å². The van der Waals surface area contributed by atoms with Crippen LogP contribution in [0.1, 0.15) is 11.1 Å². The van der Waals surface area contributed by atoms with E-state index < -0.39 is 0 Å². The molecule has 1 N–H and O–H groups in total.